The number of hydrogen-bond donors (Lipinski definition) is 0. The molecule has 0 aliphatic carbocycles. The number of esters is 1. The fourth-order valence-corrected chi connectivity index (χ4v) is 2.80. The third-order valence-electron chi connectivity index (χ3n) is 4.35. The standard InChI is InChI=1S/C21H24N2O5/c1-25-20-13-16(3-8-19(20)28-15-21(24)26-2)14-22-17-4-6-18(7-5-17)23-9-11-27-12-10-23/h3-8,13-14H,9-12,15H2,1-2H3. The Bertz CT molecular complexity index is 814. The summed E-state index contributed by atoms with van der Waals surface area (Å²) >= 11 is 0. The SMILES string of the molecule is COC(=O)COc1ccc(C=Nc2ccc(N3CCOCC3)cc2)cc1OC. The number of aliphatic imine (C=N–C) groups is 1. The van der Waals surface area contributed by atoms with Gasteiger partial charge >= 0.3 is 5.97 Å². The lowest BCUT2D eigenvalue weighted by Crippen LogP contribution is -2.36. The van der Waals surface area contributed by atoms with E-state index in [0.29, 0.717) is 11.5 Å². The first-order valence-corrected chi connectivity index (χ1v) is 9.04. The lowest BCUT2D eigenvalue weighted by atomic mass is 10.2. The van der Waals surface area contributed by atoms with Gasteiger partial charge in [-0.2, -0.15) is 0 Å². The molecule has 0 unspecified atom stereocenters. The van der Waals surface area contributed by atoms with Crippen LogP contribution in [0, 0.1) is 0 Å². The highest BCUT2D eigenvalue weighted by Gasteiger charge is 2.11. The van der Waals surface area contributed by atoms with Gasteiger partial charge in [0.2, 0.25) is 0 Å². The van der Waals surface area contributed by atoms with Gasteiger partial charge in [0, 0.05) is 25.0 Å². The summed E-state index contributed by atoms with van der Waals surface area (Å²) < 4.78 is 20.7. The minimum Gasteiger partial charge on any atom is -0.493 e. The summed E-state index contributed by atoms with van der Waals surface area (Å²) in [6, 6.07) is 13.5. The smallest absolute Gasteiger partial charge is 0.343 e. The molecule has 7 heteroatoms. The van der Waals surface area contributed by atoms with Crippen LogP contribution in [0.25, 0.3) is 0 Å². The average molecular weight is 384 g/mol. The molecule has 0 radical (unpaired) electrons. The molecule has 1 saturated heterocycles. The van der Waals surface area contributed by atoms with Crippen molar-refractivity contribution in [2.24, 2.45) is 4.99 Å². The van der Waals surface area contributed by atoms with E-state index in [1.165, 1.54) is 12.8 Å². The van der Waals surface area contributed by atoms with Crippen LogP contribution in [0.3, 0.4) is 0 Å². The first-order chi connectivity index (χ1) is 13.7. The topological polar surface area (TPSA) is 69.6 Å². The monoisotopic (exact) mass is 384 g/mol. The van der Waals surface area contributed by atoms with E-state index in [1.807, 2.05) is 18.2 Å². The number of carbonyl (C=O) groups excluding carboxylic acids is 1. The molecule has 1 fully saturated rings. The molecule has 1 aliphatic rings. The summed E-state index contributed by atoms with van der Waals surface area (Å²) in [5, 5.41) is 0. The van der Waals surface area contributed by atoms with Crippen molar-refractivity contribution < 1.29 is 23.7 Å². The van der Waals surface area contributed by atoms with Gasteiger partial charge in [-0.3, -0.25) is 4.99 Å². The quantitative estimate of drug-likeness (QED) is 0.540. The van der Waals surface area contributed by atoms with E-state index >= 15 is 0 Å². The largest absolute Gasteiger partial charge is 0.493 e. The third kappa shape index (κ3) is 5.23. The van der Waals surface area contributed by atoms with Gasteiger partial charge in [0.15, 0.2) is 18.1 Å². The molecule has 0 N–H and O–H groups in total. The highest BCUT2D eigenvalue weighted by Crippen LogP contribution is 2.28. The maximum atomic E-state index is 11.2. The number of methoxy groups -OCH3 is 2. The molecule has 1 heterocycles. The molecule has 0 bridgehead atoms. The van der Waals surface area contributed by atoms with Crippen molar-refractivity contribution in [1.29, 1.82) is 0 Å². The highest BCUT2D eigenvalue weighted by atomic mass is 16.6. The van der Waals surface area contributed by atoms with E-state index in [2.05, 4.69) is 26.8 Å². The van der Waals surface area contributed by atoms with Crippen molar-refractivity contribution in [3.05, 3.63) is 48.0 Å². The Balaban J connectivity index is 1.65. The molecule has 28 heavy (non-hydrogen) atoms. The number of ether oxygens (including phenoxy) is 4. The van der Waals surface area contributed by atoms with Crippen molar-refractivity contribution in [2.75, 3.05) is 52.0 Å². The van der Waals surface area contributed by atoms with Gasteiger partial charge in [-0.15, -0.1) is 0 Å². The predicted octanol–water partition coefficient (Wildman–Crippen LogP) is 2.83. The zero-order chi connectivity index (χ0) is 19.8. The summed E-state index contributed by atoms with van der Waals surface area (Å²) in [7, 11) is 2.86. The Morgan fingerprint density at radius 1 is 1.11 bits per heavy atom. The van der Waals surface area contributed by atoms with Crippen LogP contribution >= 0.6 is 0 Å². The van der Waals surface area contributed by atoms with Gasteiger partial charge < -0.3 is 23.8 Å². The van der Waals surface area contributed by atoms with Gasteiger partial charge in [-0.1, -0.05) is 0 Å². The van der Waals surface area contributed by atoms with Crippen molar-refractivity contribution in [2.45, 2.75) is 0 Å². The van der Waals surface area contributed by atoms with Crippen LogP contribution in [0.2, 0.25) is 0 Å². The molecule has 3 rings (SSSR count). The molecule has 0 spiro atoms. The molecule has 2 aromatic carbocycles. The van der Waals surface area contributed by atoms with Crippen molar-refractivity contribution in [3.63, 3.8) is 0 Å². The van der Waals surface area contributed by atoms with Gasteiger partial charge in [-0.05, 0) is 48.0 Å². The summed E-state index contributed by atoms with van der Waals surface area (Å²) in [4.78, 5) is 18.0. The van der Waals surface area contributed by atoms with Gasteiger partial charge in [-0.25, -0.2) is 4.79 Å². The second-order valence-electron chi connectivity index (χ2n) is 6.15. The molecule has 0 amide bonds. The molecule has 7 nitrogen and oxygen atoms in total. The Morgan fingerprint density at radius 3 is 2.54 bits per heavy atom. The maximum absolute atomic E-state index is 11.2. The molecule has 0 atom stereocenters. The molecular formula is C21H24N2O5. The lowest BCUT2D eigenvalue weighted by molar-refractivity contribution is -0.142. The van der Waals surface area contributed by atoms with E-state index in [-0.39, 0.29) is 6.61 Å². The van der Waals surface area contributed by atoms with Gasteiger partial charge in [0.25, 0.3) is 0 Å². The third-order valence-corrected chi connectivity index (χ3v) is 4.35. The molecule has 0 aromatic heterocycles. The number of carbonyl (C=O) groups is 1. The van der Waals surface area contributed by atoms with Crippen molar-refractivity contribution >= 4 is 23.6 Å². The van der Waals surface area contributed by atoms with E-state index < -0.39 is 5.97 Å². The van der Waals surface area contributed by atoms with Crippen LogP contribution in [0.4, 0.5) is 11.4 Å². The minimum absolute atomic E-state index is 0.171. The molecule has 0 saturated carbocycles. The molecule has 148 valence electrons. The van der Waals surface area contributed by atoms with Gasteiger partial charge in [0.1, 0.15) is 0 Å². The highest BCUT2D eigenvalue weighted by molar-refractivity contribution is 5.83. The van der Waals surface area contributed by atoms with Crippen molar-refractivity contribution in [1.82, 2.24) is 0 Å². The Labute approximate surface area is 164 Å². The van der Waals surface area contributed by atoms with Crippen LogP contribution < -0.4 is 14.4 Å². The average Bonchev–Trinajstić information content (AvgIpc) is 2.77. The first kappa shape index (κ1) is 19.7. The Morgan fingerprint density at radius 2 is 1.86 bits per heavy atom. The molecule has 2 aromatic rings. The second kappa shape index (κ2) is 9.75. The van der Waals surface area contributed by atoms with Crippen molar-refractivity contribution in [3.8, 4) is 11.5 Å². The number of morpholine rings is 1. The summed E-state index contributed by atoms with van der Waals surface area (Å²) in [5.41, 5.74) is 2.90. The fourth-order valence-electron chi connectivity index (χ4n) is 2.80. The normalized spacial score (nSPS) is 14.1. The van der Waals surface area contributed by atoms with Crippen LogP contribution in [-0.4, -0.2) is 59.3 Å². The van der Waals surface area contributed by atoms with Crippen LogP contribution in [-0.2, 0) is 14.3 Å². The van der Waals surface area contributed by atoms with Crippen LogP contribution in [0.15, 0.2) is 47.5 Å². The fraction of sp³-hybridized carbons (Fsp3) is 0.333. The Kier molecular flexibility index (Phi) is 6.86. The van der Waals surface area contributed by atoms with E-state index in [1.54, 1.807) is 25.5 Å². The number of benzene rings is 2. The van der Waals surface area contributed by atoms with E-state index in [4.69, 9.17) is 14.2 Å². The van der Waals surface area contributed by atoms with Crippen LogP contribution in [0.5, 0.6) is 11.5 Å². The lowest BCUT2D eigenvalue weighted by Gasteiger charge is -2.28. The summed E-state index contributed by atoms with van der Waals surface area (Å²) in [5.74, 6) is 0.545. The summed E-state index contributed by atoms with van der Waals surface area (Å²) in [6.45, 7) is 3.18. The maximum Gasteiger partial charge on any atom is 0.343 e. The zero-order valence-corrected chi connectivity index (χ0v) is 16.1. The zero-order valence-electron chi connectivity index (χ0n) is 16.1. The Hall–Kier alpha value is -3.06. The van der Waals surface area contributed by atoms with Crippen LogP contribution in [0.1, 0.15) is 5.56 Å². The first-order valence-electron chi connectivity index (χ1n) is 9.04. The summed E-state index contributed by atoms with van der Waals surface area (Å²) in [6.07, 6.45) is 1.76. The molecular weight excluding hydrogens is 360 g/mol. The minimum atomic E-state index is -0.451. The van der Waals surface area contributed by atoms with E-state index in [0.717, 1.165) is 37.6 Å². The number of hydrogen-bond acceptors (Lipinski definition) is 7. The number of anilines is 1. The second-order valence-corrected chi connectivity index (χ2v) is 6.15. The number of nitrogens with zero attached hydrogens (tertiary/aromatic N) is 2. The number of rotatable bonds is 7. The predicted molar refractivity (Wildman–Crippen MR) is 107 cm³/mol. The van der Waals surface area contributed by atoms with Gasteiger partial charge in [0.05, 0.1) is 33.1 Å². The molecule has 1 aliphatic heterocycles. The van der Waals surface area contributed by atoms with E-state index in [9.17, 15) is 4.79 Å².